The maximum Gasteiger partial charge on any atom is 0.164 e. The SMILES string of the molecule is CC(Cl)c1nc2cc(Br)cnc2n1-c1ccc(Cl)cc1I. The van der Waals surface area contributed by atoms with Crippen LogP contribution in [0, 0.1) is 3.57 Å². The third kappa shape index (κ3) is 2.93. The molecule has 0 saturated carbocycles. The minimum absolute atomic E-state index is 0.232. The first-order valence-corrected chi connectivity index (χ1v) is 8.79. The van der Waals surface area contributed by atoms with Gasteiger partial charge in [0.15, 0.2) is 5.65 Å². The summed E-state index contributed by atoms with van der Waals surface area (Å²) < 4.78 is 3.89. The van der Waals surface area contributed by atoms with Crippen molar-refractivity contribution in [2.75, 3.05) is 0 Å². The number of aromatic nitrogens is 3. The molecule has 1 aromatic carbocycles. The van der Waals surface area contributed by atoms with Gasteiger partial charge in [0.05, 0.1) is 11.1 Å². The molecular weight excluding hydrogens is 488 g/mol. The van der Waals surface area contributed by atoms with Crippen LogP contribution in [0.3, 0.4) is 0 Å². The summed E-state index contributed by atoms with van der Waals surface area (Å²) in [6.45, 7) is 1.90. The van der Waals surface area contributed by atoms with Crippen molar-refractivity contribution in [2.24, 2.45) is 0 Å². The number of hydrogen-bond acceptors (Lipinski definition) is 2. The Bertz CT molecular complexity index is 832. The third-order valence-corrected chi connectivity index (χ3v) is 4.72. The summed E-state index contributed by atoms with van der Waals surface area (Å²) >= 11 is 18.0. The number of halogens is 4. The van der Waals surface area contributed by atoms with Crippen LogP contribution in [0.15, 0.2) is 34.9 Å². The van der Waals surface area contributed by atoms with Crippen LogP contribution in [0.4, 0.5) is 0 Å². The van der Waals surface area contributed by atoms with Crippen molar-refractivity contribution >= 4 is 72.9 Å². The largest absolute Gasteiger partial charge is 0.278 e. The zero-order valence-electron chi connectivity index (χ0n) is 10.8. The number of hydrogen-bond donors (Lipinski definition) is 0. The van der Waals surface area contributed by atoms with E-state index in [4.69, 9.17) is 23.2 Å². The Kier molecular flexibility index (Phi) is 4.45. The molecule has 3 nitrogen and oxygen atoms in total. The predicted molar refractivity (Wildman–Crippen MR) is 98.6 cm³/mol. The summed E-state index contributed by atoms with van der Waals surface area (Å²) in [5, 5.41) is 0.466. The number of imidazole rings is 1. The average Bonchev–Trinajstić information content (AvgIpc) is 2.77. The Morgan fingerprint density at radius 2 is 2.10 bits per heavy atom. The van der Waals surface area contributed by atoms with Gasteiger partial charge in [0.1, 0.15) is 11.3 Å². The van der Waals surface area contributed by atoms with Gasteiger partial charge in [0.25, 0.3) is 0 Å². The Labute approximate surface area is 153 Å². The van der Waals surface area contributed by atoms with Crippen molar-refractivity contribution < 1.29 is 0 Å². The number of benzene rings is 1. The molecule has 3 aromatic rings. The molecule has 21 heavy (non-hydrogen) atoms. The van der Waals surface area contributed by atoms with E-state index in [0.717, 1.165) is 30.7 Å². The highest BCUT2D eigenvalue weighted by Crippen LogP contribution is 2.31. The minimum Gasteiger partial charge on any atom is -0.278 e. The van der Waals surface area contributed by atoms with Gasteiger partial charge >= 0.3 is 0 Å². The standard InChI is InChI=1S/C14H9BrCl2IN3/c1-7(16)13-20-11-4-8(15)6-19-14(11)21(13)12-3-2-9(17)5-10(12)18/h2-7H,1H3. The summed E-state index contributed by atoms with van der Waals surface area (Å²) in [6.07, 6.45) is 1.76. The number of alkyl halides is 1. The van der Waals surface area contributed by atoms with Crippen molar-refractivity contribution in [3.8, 4) is 5.69 Å². The first kappa shape index (κ1) is 15.5. The van der Waals surface area contributed by atoms with Crippen LogP contribution in [0.2, 0.25) is 5.02 Å². The molecule has 3 rings (SSSR count). The maximum absolute atomic E-state index is 6.30. The van der Waals surface area contributed by atoms with Gasteiger partial charge < -0.3 is 0 Å². The summed E-state index contributed by atoms with van der Waals surface area (Å²) in [6, 6.07) is 7.65. The first-order valence-electron chi connectivity index (χ1n) is 6.11. The molecule has 1 unspecified atom stereocenters. The number of pyridine rings is 1. The quantitative estimate of drug-likeness (QED) is 0.334. The van der Waals surface area contributed by atoms with Gasteiger partial charge in [0, 0.05) is 19.3 Å². The summed E-state index contributed by atoms with van der Waals surface area (Å²) in [7, 11) is 0. The van der Waals surface area contributed by atoms with E-state index in [0.29, 0.717) is 5.02 Å². The van der Waals surface area contributed by atoms with Crippen molar-refractivity contribution in [3.63, 3.8) is 0 Å². The molecule has 0 aliphatic heterocycles. The molecule has 0 saturated heterocycles. The number of nitrogens with zero attached hydrogens (tertiary/aromatic N) is 3. The lowest BCUT2D eigenvalue weighted by Crippen LogP contribution is -2.04. The smallest absolute Gasteiger partial charge is 0.164 e. The highest BCUT2D eigenvalue weighted by atomic mass is 127. The fraction of sp³-hybridized carbons (Fsp3) is 0.143. The molecule has 0 amide bonds. The third-order valence-electron chi connectivity index (χ3n) is 3.00. The minimum atomic E-state index is -0.232. The lowest BCUT2D eigenvalue weighted by atomic mass is 10.3. The van der Waals surface area contributed by atoms with Crippen molar-refractivity contribution in [2.45, 2.75) is 12.3 Å². The van der Waals surface area contributed by atoms with Gasteiger partial charge in [-0.15, -0.1) is 11.6 Å². The van der Waals surface area contributed by atoms with E-state index in [1.54, 1.807) is 6.20 Å². The van der Waals surface area contributed by atoms with E-state index < -0.39 is 0 Å². The Hall–Kier alpha value is -0.370. The summed E-state index contributed by atoms with van der Waals surface area (Å²) in [4.78, 5) is 9.10. The summed E-state index contributed by atoms with van der Waals surface area (Å²) in [5.74, 6) is 0.762. The van der Waals surface area contributed by atoms with Gasteiger partial charge in [-0.1, -0.05) is 11.6 Å². The molecule has 0 radical (unpaired) electrons. The van der Waals surface area contributed by atoms with E-state index in [9.17, 15) is 0 Å². The number of fused-ring (bicyclic) bond motifs is 1. The molecule has 2 heterocycles. The highest BCUT2D eigenvalue weighted by Gasteiger charge is 2.19. The molecule has 0 aliphatic rings. The first-order chi connectivity index (χ1) is 9.97. The number of rotatable bonds is 2. The fourth-order valence-electron chi connectivity index (χ4n) is 2.12. The van der Waals surface area contributed by atoms with Gasteiger partial charge in [-0.25, -0.2) is 9.97 Å². The normalized spacial score (nSPS) is 12.8. The average molecular weight is 497 g/mol. The topological polar surface area (TPSA) is 30.7 Å². The molecule has 1 atom stereocenters. The van der Waals surface area contributed by atoms with Gasteiger partial charge in [-0.05, 0) is 69.7 Å². The molecule has 2 aromatic heterocycles. The lowest BCUT2D eigenvalue weighted by Gasteiger charge is -2.12. The molecular formula is C14H9BrCl2IN3. The van der Waals surface area contributed by atoms with E-state index in [1.807, 2.05) is 35.8 Å². The van der Waals surface area contributed by atoms with E-state index >= 15 is 0 Å². The fourth-order valence-corrected chi connectivity index (χ4v) is 3.70. The molecule has 0 N–H and O–H groups in total. The van der Waals surface area contributed by atoms with Crippen LogP contribution in [-0.2, 0) is 0 Å². The Morgan fingerprint density at radius 3 is 2.76 bits per heavy atom. The zero-order valence-corrected chi connectivity index (χ0v) is 16.1. The van der Waals surface area contributed by atoms with Crippen LogP contribution in [0.25, 0.3) is 16.9 Å². The van der Waals surface area contributed by atoms with Crippen molar-refractivity contribution in [3.05, 3.63) is 49.4 Å². The van der Waals surface area contributed by atoms with Gasteiger partial charge in [-0.3, -0.25) is 4.57 Å². The molecule has 7 heteroatoms. The van der Waals surface area contributed by atoms with E-state index in [-0.39, 0.29) is 5.38 Å². The Balaban J connectivity index is 2.36. The highest BCUT2D eigenvalue weighted by molar-refractivity contribution is 14.1. The van der Waals surface area contributed by atoms with Crippen LogP contribution in [-0.4, -0.2) is 14.5 Å². The van der Waals surface area contributed by atoms with Crippen molar-refractivity contribution in [1.82, 2.24) is 14.5 Å². The molecule has 0 fully saturated rings. The van der Waals surface area contributed by atoms with Crippen molar-refractivity contribution in [1.29, 1.82) is 0 Å². The van der Waals surface area contributed by atoms with Crippen LogP contribution >= 0.6 is 61.7 Å². The molecule has 0 spiro atoms. The van der Waals surface area contributed by atoms with Crippen LogP contribution < -0.4 is 0 Å². The monoisotopic (exact) mass is 495 g/mol. The maximum atomic E-state index is 6.30. The molecule has 0 aliphatic carbocycles. The zero-order chi connectivity index (χ0) is 15.1. The second-order valence-electron chi connectivity index (χ2n) is 4.51. The van der Waals surface area contributed by atoms with Gasteiger partial charge in [-0.2, -0.15) is 0 Å². The van der Waals surface area contributed by atoms with Crippen LogP contribution in [0.1, 0.15) is 18.1 Å². The lowest BCUT2D eigenvalue weighted by molar-refractivity contribution is 0.874. The predicted octanol–water partition coefficient (Wildman–Crippen LogP) is 5.74. The summed E-state index contributed by atoms with van der Waals surface area (Å²) in [5.41, 5.74) is 2.55. The second kappa shape index (κ2) is 6.02. The van der Waals surface area contributed by atoms with E-state index in [2.05, 4.69) is 48.5 Å². The Morgan fingerprint density at radius 1 is 1.33 bits per heavy atom. The molecule has 108 valence electrons. The second-order valence-corrected chi connectivity index (χ2v) is 7.68. The van der Waals surface area contributed by atoms with Crippen LogP contribution in [0.5, 0.6) is 0 Å². The van der Waals surface area contributed by atoms with Gasteiger partial charge in [0.2, 0.25) is 0 Å². The molecule has 0 bridgehead atoms. The van der Waals surface area contributed by atoms with E-state index in [1.165, 1.54) is 0 Å².